The third-order valence-corrected chi connectivity index (χ3v) is 4.32. The number of anilines is 1. The van der Waals surface area contributed by atoms with Gasteiger partial charge in [0.15, 0.2) is 0 Å². The molecule has 0 saturated heterocycles. The smallest absolute Gasteiger partial charge is 0.0375 e. The molecule has 0 bridgehead atoms. The molecular weight excluding hydrogens is 194 g/mol. The summed E-state index contributed by atoms with van der Waals surface area (Å²) < 4.78 is 0. The Labute approximate surface area is 98.3 Å². The lowest BCUT2D eigenvalue weighted by Gasteiger charge is -2.30. The van der Waals surface area contributed by atoms with Crippen molar-refractivity contribution in [2.24, 2.45) is 0 Å². The summed E-state index contributed by atoms with van der Waals surface area (Å²) in [5, 5.41) is 3.65. The zero-order chi connectivity index (χ0) is 11.0. The van der Waals surface area contributed by atoms with Crippen molar-refractivity contribution in [3.05, 3.63) is 29.3 Å². The highest BCUT2D eigenvalue weighted by Gasteiger charge is 2.22. The Kier molecular flexibility index (Phi) is 2.62. The third kappa shape index (κ3) is 1.73. The molecule has 1 aliphatic heterocycles. The Morgan fingerprint density at radius 2 is 2.12 bits per heavy atom. The predicted octanol–water partition coefficient (Wildman–Crippen LogP) is 4.09. The summed E-state index contributed by atoms with van der Waals surface area (Å²) in [6.07, 6.45) is 8.05. The highest BCUT2D eigenvalue weighted by Crippen LogP contribution is 2.38. The van der Waals surface area contributed by atoms with Crippen LogP contribution in [0.1, 0.15) is 56.1 Å². The van der Waals surface area contributed by atoms with Gasteiger partial charge in [-0.1, -0.05) is 25.5 Å². The van der Waals surface area contributed by atoms with E-state index in [1.165, 1.54) is 44.2 Å². The van der Waals surface area contributed by atoms with Crippen LogP contribution in [0.2, 0.25) is 0 Å². The minimum Gasteiger partial charge on any atom is -0.382 e. The fourth-order valence-electron chi connectivity index (χ4n) is 2.88. The minimum absolute atomic E-state index is 0.696. The van der Waals surface area contributed by atoms with Gasteiger partial charge in [0, 0.05) is 11.7 Å². The molecule has 16 heavy (non-hydrogen) atoms. The Bertz CT molecular complexity index is 379. The second-order valence-electron chi connectivity index (χ2n) is 5.33. The minimum atomic E-state index is 0.696. The van der Waals surface area contributed by atoms with Gasteiger partial charge >= 0.3 is 0 Å². The van der Waals surface area contributed by atoms with Gasteiger partial charge in [-0.05, 0) is 55.2 Å². The molecule has 2 aliphatic rings. The van der Waals surface area contributed by atoms with Crippen LogP contribution >= 0.6 is 0 Å². The zero-order valence-corrected chi connectivity index (χ0v) is 10.1. The van der Waals surface area contributed by atoms with Gasteiger partial charge in [0.1, 0.15) is 0 Å². The average molecular weight is 215 g/mol. The summed E-state index contributed by atoms with van der Waals surface area (Å²) in [7, 11) is 0. The molecule has 0 amide bonds. The van der Waals surface area contributed by atoms with Gasteiger partial charge < -0.3 is 5.32 Å². The van der Waals surface area contributed by atoms with Gasteiger partial charge in [-0.2, -0.15) is 0 Å². The first-order chi connectivity index (χ1) is 7.86. The molecule has 1 fully saturated rings. The highest BCUT2D eigenvalue weighted by atomic mass is 14.9. The van der Waals surface area contributed by atoms with Gasteiger partial charge in [0.2, 0.25) is 0 Å². The highest BCUT2D eigenvalue weighted by molar-refractivity contribution is 5.55. The fraction of sp³-hybridized carbons (Fsp3) is 0.600. The topological polar surface area (TPSA) is 12.0 Å². The molecule has 3 rings (SSSR count). The van der Waals surface area contributed by atoms with E-state index in [0.29, 0.717) is 6.04 Å². The van der Waals surface area contributed by atoms with E-state index in [9.17, 15) is 0 Å². The van der Waals surface area contributed by atoms with Crippen LogP contribution in [-0.4, -0.2) is 6.04 Å². The van der Waals surface area contributed by atoms with Crippen molar-refractivity contribution in [3.63, 3.8) is 0 Å². The second-order valence-corrected chi connectivity index (χ2v) is 5.33. The van der Waals surface area contributed by atoms with Crippen LogP contribution in [-0.2, 0) is 6.42 Å². The Balaban J connectivity index is 1.83. The molecule has 0 radical (unpaired) electrons. The van der Waals surface area contributed by atoms with E-state index in [1.54, 1.807) is 11.1 Å². The lowest BCUT2D eigenvalue weighted by Crippen LogP contribution is -2.24. The van der Waals surface area contributed by atoms with Crippen LogP contribution in [0, 0.1) is 0 Å². The van der Waals surface area contributed by atoms with Gasteiger partial charge in [-0.25, -0.2) is 0 Å². The van der Waals surface area contributed by atoms with E-state index in [1.807, 2.05) is 0 Å². The summed E-state index contributed by atoms with van der Waals surface area (Å²) in [4.78, 5) is 0. The number of fused-ring (bicyclic) bond motifs is 1. The average Bonchev–Trinajstić information content (AvgIpc) is 2.26. The maximum absolute atomic E-state index is 3.65. The second kappa shape index (κ2) is 4.12. The monoisotopic (exact) mass is 215 g/mol. The number of aryl methyl sites for hydroxylation is 1. The van der Waals surface area contributed by atoms with E-state index >= 15 is 0 Å². The largest absolute Gasteiger partial charge is 0.382 e. The number of nitrogens with one attached hydrogen (secondary N) is 1. The zero-order valence-electron chi connectivity index (χ0n) is 10.1. The summed E-state index contributed by atoms with van der Waals surface area (Å²) in [6, 6.07) is 7.80. The van der Waals surface area contributed by atoms with Crippen molar-refractivity contribution in [2.45, 2.75) is 57.4 Å². The van der Waals surface area contributed by atoms with Gasteiger partial charge in [-0.15, -0.1) is 0 Å². The fourth-order valence-corrected chi connectivity index (χ4v) is 2.88. The summed E-state index contributed by atoms with van der Waals surface area (Å²) >= 11 is 0. The molecule has 1 nitrogen and oxygen atoms in total. The number of benzene rings is 1. The maximum atomic E-state index is 3.65. The SMILES string of the molecule is CC[C@@H]1CCc2cc(C3CCC3)ccc2N1. The quantitative estimate of drug-likeness (QED) is 0.783. The predicted molar refractivity (Wildman–Crippen MR) is 69.1 cm³/mol. The molecule has 86 valence electrons. The molecule has 1 heterocycles. The van der Waals surface area contributed by atoms with Gasteiger partial charge in [-0.3, -0.25) is 0 Å². The lowest BCUT2D eigenvalue weighted by molar-refractivity contribution is 0.419. The first-order valence-corrected chi connectivity index (χ1v) is 6.76. The van der Waals surface area contributed by atoms with E-state index in [4.69, 9.17) is 0 Å². The molecule has 1 atom stereocenters. The van der Waals surface area contributed by atoms with Crippen molar-refractivity contribution < 1.29 is 0 Å². The summed E-state index contributed by atoms with van der Waals surface area (Å²) in [6.45, 7) is 2.27. The van der Waals surface area contributed by atoms with Crippen molar-refractivity contribution in [1.29, 1.82) is 0 Å². The first kappa shape index (κ1) is 10.2. The van der Waals surface area contributed by atoms with Crippen LogP contribution in [0.3, 0.4) is 0 Å². The van der Waals surface area contributed by atoms with E-state index in [2.05, 4.69) is 30.4 Å². The molecule has 0 spiro atoms. The molecule has 1 aliphatic carbocycles. The van der Waals surface area contributed by atoms with Gasteiger partial charge in [0.25, 0.3) is 0 Å². The number of hydrogen-bond donors (Lipinski definition) is 1. The number of rotatable bonds is 2. The van der Waals surface area contributed by atoms with Crippen LogP contribution in [0.15, 0.2) is 18.2 Å². The normalized spacial score (nSPS) is 24.4. The third-order valence-electron chi connectivity index (χ3n) is 4.32. The van der Waals surface area contributed by atoms with E-state index < -0.39 is 0 Å². The first-order valence-electron chi connectivity index (χ1n) is 6.76. The summed E-state index contributed by atoms with van der Waals surface area (Å²) in [5.74, 6) is 0.870. The molecule has 1 heteroatoms. The Morgan fingerprint density at radius 3 is 2.81 bits per heavy atom. The van der Waals surface area contributed by atoms with Gasteiger partial charge in [0.05, 0.1) is 0 Å². The van der Waals surface area contributed by atoms with Crippen LogP contribution in [0.25, 0.3) is 0 Å². The van der Waals surface area contributed by atoms with Crippen LogP contribution in [0.5, 0.6) is 0 Å². The molecule has 1 aromatic rings. The van der Waals surface area contributed by atoms with E-state index in [0.717, 1.165) is 5.92 Å². The molecule has 1 saturated carbocycles. The van der Waals surface area contributed by atoms with Crippen LogP contribution < -0.4 is 5.32 Å². The van der Waals surface area contributed by atoms with Crippen molar-refractivity contribution in [3.8, 4) is 0 Å². The van der Waals surface area contributed by atoms with Crippen molar-refractivity contribution in [2.75, 3.05) is 5.32 Å². The molecule has 0 unspecified atom stereocenters. The molecular formula is C15H21N. The molecule has 1 aromatic carbocycles. The maximum Gasteiger partial charge on any atom is 0.0375 e. The summed E-state index contributed by atoms with van der Waals surface area (Å²) in [5.41, 5.74) is 4.53. The van der Waals surface area contributed by atoms with Crippen LogP contribution in [0.4, 0.5) is 5.69 Å². The standard InChI is InChI=1S/C15H21N/c1-2-14-8-6-13-10-12(11-4-3-5-11)7-9-15(13)16-14/h7,9-11,14,16H,2-6,8H2,1H3/t14-/m1/s1. The van der Waals surface area contributed by atoms with E-state index in [-0.39, 0.29) is 0 Å². The Hall–Kier alpha value is -0.980. The van der Waals surface area contributed by atoms with Crippen molar-refractivity contribution in [1.82, 2.24) is 0 Å². The molecule has 1 N–H and O–H groups in total. The number of hydrogen-bond acceptors (Lipinski definition) is 1. The lowest BCUT2D eigenvalue weighted by atomic mass is 9.79. The molecule has 0 aromatic heterocycles. The Morgan fingerprint density at radius 1 is 1.25 bits per heavy atom. The van der Waals surface area contributed by atoms with Crippen molar-refractivity contribution >= 4 is 5.69 Å².